The minimum absolute atomic E-state index is 0.0656. The second-order valence-corrected chi connectivity index (χ2v) is 6.62. The molecule has 0 radical (unpaired) electrons. The van der Waals surface area contributed by atoms with Crippen molar-refractivity contribution in [2.24, 2.45) is 5.92 Å². The van der Waals surface area contributed by atoms with E-state index in [1.807, 2.05) is 6.07 Å². The zero-order chi connectivity index (χ0) is 13.5. The Kier molecular flexibility index (Phi) is 3.18. The van der Waals surface area contributed by atoms with Crippen LogP contribution in [0.4, 0.5) is 0 Å². The van der Waals surface area contributed by atoms with E-state index in [1.54, 1.807) is 0 Å². The largest absolute Gasteiger partial charge is 0.370 e. The Hall–Kier alpha value is -0.860. The maximum Gasteiger partial charge on any atom is 0.0924 e. The summed E-state index contributed by atoms with van der Waals surface area (Å²) in [5, 5.41) is 0. The summed E-state index contributed by atoms with van der Waals surface area (Å²) in [6, 6.07) is 10.4. The van der Waals surface area contributed by atoms with Gasteiger partial charge >= 0.3 is 0 Å². The highest BCUT2D eigenvalue weighted by molar-refractivity contribution is 5.14. The van der Waals surface area contributed by atoms with Crippen molar-refractivity contribution in [1.82, 2.24) is 0 Å². The summed E-state index contributed by atoms with van der Waals surface area (Å²) in [6.45, 7) is 7.45. The highest BCUT2D eigenvalue weighted by Gasteiger charge is 2.60. The molecule has 19 heavy (non-hydrogen) atoms. The van der Waals surface area contributed by atoms with Gasteiger partial charge in [-0.15, -0.1) is 0 Å². The standard InChI is InChI=1S/C17H24O2/c1-13(2)17-10-9-16(3,19-17)15(11-17)18-12-14-7-5-4-6-8-14/h4-8,13,15H,9-12H2,1-3H3/t15-,16+,17-/m0/s1. The average molecular weight is 260 g/mol. The van der Waals surface area contributed by atoms with Crippen molar-refractivity contribution < 1.29 is 9.47 Å². The lowest BCUT2D eigenvalue weighted by Gasteiger charge is -2.31. The summed E-state index contributed by atoms with van der Waals surface area (Å²) in [7, 11) is 0. The van der Waals surface area contributed by atoms with Gasteiger partial charge in [-0.25, -0.2) is 0 Å². The Morgan fingerprint density at radius 2 is 2.00 bits per heavy atom. The maximum atomic E-state index is 6.38. The second-order valence-electron chi connectivity index (χ2n) is 6.62. The number of rotatable bonds is 4. The highest BCUT2D eigenvalue weighted by atomic mass is 16.6. The van der Waals surface area contributed by atoms with Gasteiger partial charge in [0.05, 0.1) is 23.9 Å². The number of ether oxygens (including phenoxy) is 2. The van der Waals surface area contributed by atoms with Gasteiger partial charge in [-0.2, -0.15) is 0 Å². The molecule has 2 nitrogen and oxygen atoms in total. The van der Waals surface area contributed by atoms with E-state index >= 15 is 0 Å². The van der Waals surface area contributed by atoms with Gasteiger partial charge in [0.2, 0.25) is 0 Å². The van der Waals surface area contributed by atoms with Crippen molar-refractivity contribution in [3.8, 4) is 0 Å². The average Bonchev–Trinajstić information content (AvgIpc) is 2.90. The first kappa shape index (κ1) is 13.1. The number of fused-ring (bicyclic) bond motifs is 2. The van der Waals surface area contributed by atoms with Crippen LogP contribution in [0.15, 0.2) is 30.3 Å². The zero-order valence-electron chi connectivity index (χ0n) is 12.2. The normalized spacial score (nSPS) is 37.2. The molecule has 1 aromatic rings. The van der Waals surface area contributed by atoms with Gasteiger partial charge < -0.3 is 9.47 Å². The Morgan fingerprint density at radius 1 is 1.26 bits per heavy atom. The van der Waals surface area contributed by atoms with Crippen molar-refractivity contribution in [2.45, 2.75) is 63.9 Å². The van der Waals surface area contributed by atoms with E-state index in [4.69, 9.17) is 9.47 Å². The van der Waals surface area contributed by atoms with Crippen LogP contribution in [0.3, 0.4) is 0 Å². The Labute approximate surface area is 116 Å². The fourth-order valence-electron chi connectivity index (χ4n) is 3.57. The molecule has 2 fully saturated rings. The third-order valence-corrected chi connectivity index (χ3v) is 5.04. The van der Waals surface area contributed by atoms with Crippen LogP contribution in [0, 0.1) is 5.92 Å². The van der Waals surface area contributed by atoms with Crippen molar-refractivity contribution in [3.63, 3.8) is 0 Å². The third-order valence-electron chi connectivity index (χ3n) is 5.04. The molecule has 3 rings (SSSR count). The van der Waals surface area contributed by atoms with Gasteiger partial charge in [0, 0.05) is 6.42 Å². The van der Waals surface area contributed by atoms with Gasteiger partial charge in [-0.3, -0.25) is 0 Å². The zero-order valence-corrected chi connectivity index (χ0v) is 12.2. The fourth-order valence-corrected chi connectivity index (χ4v) is 3.57. The molecule has 0 spiro atoms. The van der Waals surface area contributed by atoms with Gasteiger partial charge in [-0.1, -0.05) is 44.2 Å². The molecule has 0 aliphatic carbocycles. The molecule has 3 atom stereocenters. The first-order chi connectivity index (χ1) is 9.04. The van der Waals surface area contributed by atoms with Crippen molar-refractivity contribution in [1.29, 1.82) is 0 Å². The molecule has 2 heterocycles. The Balaban J connectivity index is 1.67. The van der Waals surface area contributed by atoms with Crippen molar-refractivity contribution >= 4 is 0 Å². The van der Waals surface area contributed by atoms with E-state index in [9.17, 15) is 0 Å². The van der Waals surface area contributed by atoms with Gasteiger partial charge in [0.1, 0.15) is 0 Å². The van der Waals surface area contributed by atoms with Crippen molar-refractivity contribution in [3.05, 3.63) is 35.9 Å². The molecule has 0 N–H and O–H groups in total. The molecule has 2 aliphatic rings. The van der Waals surface area contributed by atoms with Crippen LogP contribution in [0.2, 0.25) is 0 Å². The SMILES string of the molecule is CC(C)[C@@]12CC[C@@](C)(O1)[C@@H](OCc1ccccc1)C2. The molecular formula is C17H24O2. The van der Waals surface area contributed by atoms with Crippen LogP contribution in [-0.2, 0) is 16.1 Å². The summed E-state index contributed by atoms with van der Waals surface area (Å²) in [4.78, 5) is 0. The number of hydrogen-bond acceptors (Lipinski definition) is 2. The quantitative estimate of drug-likeness (QED) is 0.816. The lowest BCUT2D eigenvalue weighted by molar-refractivity contribution is -0.0959. The summed E-state index contributed by atoms with van der Waals surface area (Å²) in [6.07, 6.45) is 3.61. The molecule has 2 saturated heterocycles. The minimum Gasteiger partial charge on any atom is -0.370 e. The van der Waals surface area contributed by atoms with Crippen molar-refractivity contribution in [2.75, 3.05) is 0 Å². The molecular weight excluding hydrogens is 236 g/mol. The molecule has 2 bridgehead atoms. The summed E-state index contributed by atoms with van der Waals surface area (Å²) < 4.78 is 12.6. The van der Waals surface area contributed by atoms with Gasteiger partial charge in [-0.05, 0) is 31.2 Å². The lowest BCUT2D eigenvalue weighted by atomic mass is 9.75. The van der Waals surface area contributed by atoms with E-state index in [0.29, 0.717) is 12.5 Å². The number of benzene rings is 1. The van der Waals surface area contributed by atoms with Crippen LogP contribution < -0.4 is 0 Å². The monoisotopic (exact) mass is 260 g/mol. The Bertz CT molecular complexity index is 442. The first-order valence-corrected chi connectivity index (χ1v) is 7.40. The molecule has 0 aromatic heterocycles. The topological polar surface area (TPSA) is 18.5 Å². The molecule has 104 valence electrons. The van der Waals surface area contributed by atoms with Gasteiger partial charge in [0.25, 0.3) is 0 Å². The van der Waals surface area contributed by atoms with E-state index in [-0.39, 0.29) is 17.3 Å². The highest BCUT2D eigenvalue weighted by Crippen LogP contribution is 2.55. The molecule has 0 unspecified atom stereocenters. The molecule has 0 amide bonds. The summed E-state index contributed by atoms with van der Waals surface area (Å²) in [5.74, 6) is 0.569. The summed E-state index contributed by atoms with van der Waals surface area (Å²) in [5.41, 5.74) is 1.24. The molecule has 0 saturated carbocycles. The smallest absolute Gasteiger partial charge is 0.0924 e. The van der Waals surface area contributed by atoms with E-state index < -0.39 is 0 Å². The second kappa shape index (κ2) is 4.60. The predicted octanol–water partition coefficient (Wildman–Crippen LogP) is 3.94. The first-order valence-electron chi connectivity index (χ1n) is 7.40. The lowest BCUT2D eigenvalue weighted by Crippen LogP contribution is -2.38. The molecule has 1 aromatic carbocycles. The Morgan fingerprint density at radius 3 is 2.63 bits per heavy atom. The van der Waals surface area contributed by atoms with E-state index in [1.165, 1.54) is 12.0 Å². The predicted molar refractivity (Wildman–Crippen MR) is 75.9 cm³/mol. The van der Waals surface area contributed by atoms with Crippen LogP contribution >= 0.6 is 0 Å². The third kappa shape index (κ3) is 2.21. The summed E-state index contributed by atoms with van der Waals surface area (Å²) >= 11 is 0. The maximum absolute atomic E-state index is 6.38. The van der Waals surface area contributed by atoms with Crippen LogP contribution in [-0.4, -0.2) is 17.3 Å². The van der Waals surface area contributed by atoms with E-state index in [2.05, 4.69) is 45.0 Å². The van der Waals surface area contributed by atoms with Crippen LogP contribution in [0.5, 0.6) is 0 Å². The fraction of sp³-hybridized carbons (Fsp3) is 0.647. The van der Waals surface area contributed by atoms with E-state index in [0.717, 1.165) is 12.8 Å². The van der Waals surface area contributed by atoms with Crippen LogP contribution in [0.1, 0.15) is 45.6 Å². The van der Waals surface area contributed by atoms with Crippen LogP contribution in [0.25, 0.3) is 0 Å². The number of hydrogen-bond donors (Lipinski definition) is 0. The van der Waals surface area contributed by atoms with Gasteiger partial charge in [0.15, 0.2) is 0 Å². The molecule has 2 aliphatic heterocycles. The molecule has 2 heteroatoms. The minimum atomic E-state index is -0.0704.